The number of carbonyl (C=O) groups is 1. The molecule has 0 aliphatic carbocycles. The minimum Gasteiger partial charge on any atom is -0.481 e. The van der Waals surface area contributed by atoms with E-state index in [2.05, 4.69) is 16.9 Å². The zero-order chi connectivity index (χ0) is 11.5. The highest BCUT2D eigenvalue weighted by Gasteiger charge is 2.23. The van der Waals surface area contributed by atoms with Crippen LogP contribution in [0.2, 0.25) is 0 Å². The van der Waals surface area contributed by atoms with Crippen LogP contribution in [0.4, 0.5) is 0 Å². The number of likely N-dealkylation sites (N-methyl/N-ethyl adjacent to an activating group) is 1. The van der Waals surface area contributed by atoms with Crippen LogP contribution >= 0.6 is 11.3 Å². The molecule has 0 bridgehead atoms. The van der Waals surface area contributed by atoms with Crippen LogP contribution in [-0.2, 0) is 11.2 Å². The molecule has 2 heterocycles. The molecule has 16 heavy (non-hydrogen) atoms. The predicted molar refractivity (Wildman–Crippen MR) is 62.9 cm³/mol. The van der Waals surface area contributed by atoms with Crippen molar-refractivity contribution in [2.24, 2.45) is 0 Å². The molecule has 88 valence electrons. The van der Waals surface area contributed by atoms with Gasteiger partial charge < -0.3 is 10.0 Å². The van der Waals surface area contributed by atoms with Crippen molar-refractivity contribution in [1.82, 2.24) is 9.88 Å². The fourth-order valence-electron chi connectivity index (χ4n) is 2.00. The van der Waals surface area contributed by atoms with Crippen LogP contribution in [0, 0.1) is 0 Å². The number of rotatable bonds is 4. The monoisotopic (exact) mass is 240 g/mol. The first-order valence-corrected chi connectivity index (χ1v) is 6.38. The van der Waals surface area contributed by atoms with Gasteiger partial charge in [-0.15, -0.1) is 11.3 Å². The highest BCUT2D eigenvalue weighted by Crippen LogP contribution is 2.28. The third-order valence-corrected chi connectivity index (χ3v) is 3.96. The Hall–Kier alpha value is -0.940. The van der Waals surface area contributed by atoms with E-state index in [1.165, 1.54) is 11.4 Å². The second-order valence-corrected chi connectivity index (χ2v) is 5.21. The lowest BCUT2D eigenvalue weighted by atomic mass is 10.1. The van der Waals surface area contributed by atoms with Gasteiger partial charge in [-0.1, -0.05) is 0 Å². The molecule has 1 N–H and O–H groups in total. The lowest BCUT2D eigenvalue weighted by molar-refractivity contribution is -0.136. The largest absolute Gasteiger partial charge is 0.481 e. The summed E-state index contributed by atoms with van der Waals surface area (Å²) in [5.74, 6) is -0.205. The van der Waals surface area contributed by atoms with Crippen LogP contribution in [0.3, 0.4) is 0 Å². The van der Waals surface area contributed by atoms with Gasteiger partial charge in [0.05, 0.1) is 17.1 Å². The molecule has 0 amide bonds. The van der Waals surface area contributed by atoms with Gasteiger partial charge in [0.25, 0.3) is 0 Å². The first kappa shape index (κ1) is 11.5. The number of likely N-dealkylation sites (tertiary alicyclic amines) is 1. The van der Waals surface area contributed by atoms with Crippen molar-refractivity contribution in [3.8, 4) is 0 Å². The zero-order valence-electron chi connectivity index (χ0n) is 9.35. The molecule has 0 radical (unpaired) electrons. The van der Waals surface area contributed by atoms with Crippen molar-refractivity contribution >= 4 is 17.3 Å². The molecular weight excluding hydrogens is 224 g/mol. The molecule has 1 aliphatic rings. The van der Waals surface area contributed by atoms with Gasteiger partial charge in [-0.2, -0.15) is 0 Å². The van der Waals surface area contributed by atoms with Crippen LogP contribution in [-0.4, -0.2) is 41.1 Å². The number of nitrogens with zero attached hydrogens (tertiary/aromatic N) is 2. The summed E-state index contributed by atoms with van der Waals surface area (Å²) >= 11 is 1.67. The summed E-state index contributed by atoms with van der Waals surface area (Å²) in [6, 6.07) is 0. The van der Waals surface area contributed by atoms with Gasteiger partial charge in [0.1, 0.15) is 0 Å². The minimum absolute atomic E-state index is 0.174. The van der Waals surface area contributed by atoms with Crippen molar-refractivity contribution in [3.05, 3.63) is 16.1 Å². The summed E-state index contributed by atoms with van der Waals surface area (Å²) < 4.78 is 0. The third kappa shape index (κ3) is 2.80. The van der Waals surface area contributed by atoms with Crippen molar-refractivity contribution in [2.45, 2.75) is 25.2 Å². The average Bonchev–Trinajstić information content (AvgIpc) is 2.83. The second kappa shape index (κ2) is 4.93. The number of aliphatic carboxylic acids is 1. The molecule has 1 unspecified atom stereocenters. The highest BCUT2D eigenvalue weighted by molar-refractivity contribution is 7.09. The average molecular weight is 240 g/mol. The summed E-state index contributed by atoms with van der Waals surface area (Å²) in [5, 5.41) is 11.8. The normalized spacial score (nSPS) is 21.4. The summed E-state index contributed by atoms with van der Waals surface area (Å²) in [5.41, 5.74) is 0.928. The molecular formula is C11H16N2O2S. The highest BCUT2D eigenvalue weighted by atomic mass is 32.1. The van der Waals surface area contributed by atoms with E-state index in [-0.39, 0.29) is 6.42 Å². The summed E-state index contributed by atoms with van der Waals surface area (Å²) in [6.07, 6.45) is 1.89. The quantitative estimate of drug-likeness (QED) is 0.868. The van der Waals surface area contributed by atoms with E-state index in [1.807, 2.05) is 5.38 Å². The topological polar surface area (TPSA) is 53.4 Å². The Bertz CT molecular complexity index is 378. The minimum atomic E-state index is -0.754. The van der Waals surface area contributed by atoms with Crippen LogP contribution in [0.15, 0.2) is 5.38 Å². The summed E-state index contributed by atoms with van der Waals surface area (Å²) in [7, 11) is 2.12. The third-order valence-electron chi connectivity index (χ3n) is 2.91. The van der Waals surface area contributed by atoms with Gasteiger partial charge >= 0.3 is 5.97 Å². The molecule has 2 rings (SSSR count). The first-order valence-electron chi connectivity index (χ1n) is 5.50. The summed E-state index contributed by atoms with van der Waals surface area (Å²) in [6.45, 7) is 2.21. The second-order valence-electron chi connectivity index (χ2n) is 4.32. The van der Waals surface area contributed by atoms with Crippen LogP contribution in [0.25, 0.3) is 0 Å². The van der Waals surface area contributed by atoms with Crippen LogP contribution in [0.1, 0.15) is 29.5 Å². The molecule has 1 fully saturated rings. The number of aromatic nitrogens is 1. The molecule has 1 aliphatic heterocycles. The van der Waals surface area contributed by atoms with Crippen LogP contribution < -0.4 is 0 Å². The number of hydrogen-bond donors (Lipinski definition) is 1. The molecule has 1 atom stereocenters. The molecule has 5 heteroatoms. The van der Waals surface area contributed by atoms with Gasteiger partial charge in [0.2, 0.25) is 0 Å². The standard InChI is InChI=1S/C11H16N2O2S/c1-13-5-4-8(6-13)11-12-9(7-16-11)2-3-10(14)15/h7-8H,2-6H2,1H3,(H,14,15). The van der Waals surface area contributed by atoms with E-state index in [0.717, 1.165) is 18.8 Å². The van der Waals surface area contributed by atoms with Crippen LogP contribution in [0.5, 0.6) is 0 Å². The maximum absolute atomic E-state index is 10.4. The molecule has 1 saturated heterocycles. The maximum Gasteiger partial charge on any atom is 0.303 e. The Kier molecular flexibility index (Phi) is 3.56. The Labute approximate surface area is 98.9 Å². The van der Waals surface area contributed by atoms with Gasteiger partial charge in [0, 0.05) is 24.3 Å². The Morgan fingerprint density at radius 2 is 2.56 bits per heavy atom. The Morgan fingerprint density at radius 3 is 3.19 bits per heavy atom. The Morgan fingerprint density at radius 1 is 1.75 bits per heavy atom. The van der Waals surface area contributed by atoms with Crippen molar-refractivity contribution in [3.63, 3.8) is 0 Å². The molecule has 4 nitrogen and oxygen atoms in total. The molecule has 0 saturated carbocycles. The number of hydrogen-bond acceptors (Lipinski definition) is 4. The van der Waals surface area contributed by atoms with Crippen molar-refractivity contribution < 1.29 is 9.90 Å². The fraction of sp³-hybridized carbons (Fsp3) is 0.636. The number of aryl methyl sites for hydroxylation is 1. The lowest BCUT2D eigenvalue weighted by Crippen LogP contribution is -2.13. The molecule has 0 spiro atoms. The van der Waals surface area contributed by atoms with Crippen molar-refractivity contribution in [2.75, 3.05) is 20.1 Å². The van der Waals surface area contributed by atoms with Gasteiger partial charge in [0.15, 0.2) is 0 Å². The van der Waals surface area contributed by atoms with E-state index in [1.54, 1.807) is 11.3 Å². The lowest BCUT2D eigenvalue weighted by Gasteiger charge is -2.06. The number of thiazole rings is 1. The van der Waals surface area contributed by atoms with Crippen molar-refractivity contribution in [1.29, 1.82) is 0 Å². The van der Waals surface area contributed by atoms with E-state index in [4.69, 9.17) is 5.11 Å². The first-order chi connectivity index (χ1) is 7.65. The van der Waals surface area contributed by atoms with Gasteiger partial charge in [-0.05, 0) is 20.0 Å². The number of carboxylic acids is 1. The molecule has 0 aromatic carbocycles. The SMILES string of the molecule is CN1CCC(c2nc(CCC(=O)O)cs2)C1. The fourth-order valence-corrected chi connectivity index (χ4v) is 2.98. The van der Waals surface area contributed by atoms with E-state index < -0.39 is 5.97 Å². The van der Waals surface area contributed by atoms with E-state index in [0.29, 0.717) is 12.3 Å². The molecule has 1 aromatic heterocycles. The number of carboxylic acid groups (broad SMARTS) is 1. The predicted octanol–water partition coefficient (Wildman–Crippen LogP) is 1.58. The molecule has 1 aromatic rings. The van der Waals surface area contributed by atoms with E-state index >= 15 is 0 Å². The summed E-state index contributed by atoms with van der Waals surface area (Å²) in [4.78, 5) is 17.3. The van der Waals surface area contributed by atoms with E-state index in [9.17, 15) is 4.79 Å². The smallest absolute Gasteiger partial charge is 0.303 e. The van der Waals surface area contributed by atoms with Gasteiger partial charge in [-0.3, -0.25) is 4.79 Å². The zero-order valence-corrected chi connectivity index (χ0v) is 10.2. The Balaban J connectivity index is 1.94. The maximum atomic E-state index is 10.4. The van der Waals surface area contributed by atoms with Gasteiger partial charge in [-0.25, -0.2) is 4.98 Å².